The molecule has 2 aromatic heterocycles. The molecule has 0 saturated heterocycles. The molecule has 0 atom stereocenters. The summed E-state index contributed by atoms with van der Waals surface area (Å²) in [6.45, 7) is 3.57. The molecule has 1 aliphatic carbocycles. The van der Waals surface area contributed by atoms with Crippen molar-refractivity contribution < 1.29 is 13.2 Å². The molecule has 1 saturated carbocycles. The average molecular weight is 326 g/mol. The van der Waals surface area contributed by atoms with E-state index in [1.807, 2.05) is 19.2 Å². The van der Waals surface area contributed by atoms with Crippen molar-refractivity contribution in [3.8, 4) is 0 Å². The van der Waals surface area contributed by atoms with Gasteiger partial charge in [-0.1, -0.05) is 0 Å². The number of halogens is 3. The number of anilines is 1. The van der Waals surface area contributed by atoms with Crippen molar-refractivity contribution >= 4 is 16.9 Å². The highest BCUT2D eigenvalue weighted by atomic mass is 19.4. The minimum atomic E-state index is -4.04. The van der Waals surface area contributed by atoms with Gasteiger partial charge in [0.1, 0.15) is 17.8 Å². The van der Waals surface area contributed by atoms with Gasteiger partial charge in [0.25, 0.3) is 0 Å². The van der Waals surface area contributed by atoms with Crippen LogP contribution < -0.4 is 4.90 Å². The molecule has 23 heavy (non-hydrogen) atoms. The van der Waals surface area contributed by atoms with Gasteiger partial charge < -0.3 is 9.88 Å². The van der Waals surface area contributed by atoms with Crippen LogP contribution in [0.25, 0.3) is 11.0 Å². The van der Waals surface area contributed by atoms with E-state index in [9.17, 15) is 13.2 Å². The Morgan fingerprint density at radius 2 is 1.96 bits per heavy atom. The fourth-order valence-corrected chi connectivity index (χ4v) is 3.46. The Bertz CT molecular complexity index is 644. The summed E-state index contributed by atoms with van der Waals surface area (Å²) in [4.78, 5) is 13.8. The smallest absolute Gasteiger partial charge is 0.356 e. The average Bonchev–Trinajstić information content (AvgIpc) is 3.01. The summed E-state index contributed by atoms with van der Waals surface area (Å²) in [6.07, 6.45) is 1.05. The fourth-order valence-electron chi connectivity index (χ4n) is 3.46. The van der Waals surface area contributed by atoms with Gasteiger partial charge in [-0.2, -0.15) is 13.2 Å². The van der Waals surface area contributed by atoms with Gasteiger partial charge in [-0.15, -0.1) is 0 Å². The maximum Gasteiger partial charge on any atom is 0.391 e. The van der Waals surface area contributed by atoms with Crippen LogP contribution in [-0.2, 0) is 0 Å². The third kappa shape index (κ3) is 3.43. The van der Waals surface area contributed by atoms with Gasteiger partial charge in [0.15, 0.2) is 0 Å². The van der Waals surface area contributed by atoms with Gasteiger partial charge in [0, 0.05) is 19.3 Å². The number of fused-ring (bicyclic) bond motifs is 1. The Morgan fingerprint density at radius 1 is 1.22 bits per heavy atom. The van der Waals surface area contributed by atoms with Crippen molar-refractivity contribution in [1.29, 1.82) is 0 Å². The van der Waals surface area contributed by atoms with Crippen LogP contribution in [0, 0.1) is 11.8 Å². The molecule has 0 aromatic carbocycles. The Morgan fingerprint density at radius 3 is 2.61 bits per heavy atom. The Kier molecular flexibility index (Phi) is 4.46. The summed E-state index contributed by atoms with van der Waals surface area (Å²) in [5.41, 5.74) is 0.786. The number of aromatic nitrogens is 3. The lowest BCUT2D eigenvalue weighted by atomic mass is 9.81. The number of hydrogen-bond acceptors (Lipinski definition) is 3. The quantitative estimate of drug-likeness (QED) is 0.918. The molecule has 0 amide bonds. The van der Waals surface area contributed by atoms with Crippen molar-refractivity contribution in [3.05, 3.63) is 18.6 Å². The Labute approximate surface area is 133 Å². The van der Waals surface area contributed by atoms with Crippen LogP contribution in [0.15, 0.2) is 18.6 Å². The van der Waals surface area contributed by atoms with Crippen LogP contribution in [0.4, 0.5) is 19.0 Å². The predicted octanol–water partition coefficient (Wildman–Crippen LogP) is 4.15. The highest BCUT2D eigenvalue weighted by Crippen LogP contribution is 2.40. The van der Waals surface area contributed by atoms with E-state index < -0.39 is 12.1 Å². The first-order valence-corrected chi connectivity index (χ1v) is 8.08. The van der Waals surface area contributed by atoms with E-state index in [0.29, 0.717) is 12.8 Å². The van der Waals surface area contributed by atoms with E-state index in [1.54, 1.807) is 0 Å². The third-order valence-electron chi connectivity index (χ3n) is 4.80. The monoisotopic (exact) mass is 326 g/mol. The molecule has 0 aliphatic heterocycles. The van der Waals surface area contributed by atoms with Crippen LogP contribution in [0.1, 0.15) is 32.6 Å². The lowest BCUT2D eigenvalue weighted by Crippen LogP contribution is -2.34. The summed E-state index contributed by atoms with van der Waals surface area (Å²) in [5.74, 6) is 0.0264. The van der Waals surface area contributed by atoms with Gasteiger partial charge in [0.2, 0.25) is 0 Å². The van der Waals surface area contributed by atoms with Gasteiger partial charge in [-0.3, -0.25) is 0 Å². The molecule has 0 unspecified atom stereocenters. The zero-order valence-corrected chi connectivity index (χ0v) is 13.1. The third-order valence-corrected chi connectivity index (χ3v) is 4.80. The topological polar surface area (TPSA) is 44.8 Å². The minimum absolute atomic E-state index is 0.245. The van der Waals surface area contributed by atoms with E-state index in [1.165, 1.54) is 6.33 Å². The first kappa shape index (κ1) is 16.1. The SMILES string of the molecule is CCN(C[C@H]1CC[C@H](C(F)(F)F)CC1)c1ncnc2[nH]ccc12. The number of alkyl halides is 3. The maximum absolute atomic E-state index is 12.8. The number of H-pyrrole nitrogens is 1. The number of rotatable bonds is 4. The molecule has 4 nitrogen and oxygen atoms in total. The molecule has 7 heteroatoms. The highest BCUT2D eigenvalue weighted by molar-refractivity contribution is 5.87. The summed E-state index contributed by atoms with van der Waals surface area (Å²) < 4.78 is 38.3. The van der Waals surface area contributed by atoms with Crippen LogP contribution in [0.3, 0.4) is 0 Å². The van der Waals surface area contributed by atoms with Gasteiger partial charge in [0.05, 0.1) is 11.3 Å². The summed E-state index contributed by atoms with van der Waals surface area (Å²) in [5, 5.41) is 0.957. The molecule has 0 bridgehead atoms. The van der Waals surface area contributed by atoms with Crippen molar-refractivity contribution in [2.45, 2.75) is 38.8 Å². The molecule has 126 valence electrons. The fraction of sp³-hybridized carbons (Fsp3) is 0.625. The summed E-state index contributed by atoms with van der Waals surface area (Å²) in [7, 11) is 0. The van der Waals surface area contributed by atoms with Gasteiger partial charge in [-0.25, -0.2) is 9.97 Å². The van der Waals surface area contributed by atoms with Gasteiger partial charge in [-0.05, 0) is 44.6 Å². The summed E-state index contributed by atoms with van der Waals surface area (Å²) in [6, 6.07) is 1.94. The number of nitrogens with zero attached hydrogens (tertiary/aromatic N) is 3. The second-order valence-corrected chi connectivity index (χ2v) is 6.24. The lowest BCUT2D eigenvalue weighted by molar-refractivity contribution is -0.183. The zero-order valence-electron chi connectivity index (χ0n) is 13.1. The minimum Gasteiger partial charge on any atom is -0.356 e. The van der Waals surface area contributed by atoms with Crippen molar-refractivity contribution in [2.75, 3.05) is 18.0 Å². The molecular formula is C16H21F3N4. The molecule has 2 heterocycles. The predicted molar refractivity (Wildman–Crippen MR) is 83.3 cm³/mol. The first-order valence-electron chi connectivity index (χ1n) is 8.08. The van der Waals surface area contributed by atoms with E-state index in [-0.39, 0.29) is 18.8 Å². The molecule has 1 N–H and O–H groups in total. The summed E-state index contributed by atoms with van der Waals surface area (Å²) >= 11 is 0. The Hall–Kier alpha value is -1.79. The maximum atomic E-state index is 12.8. The van der Waals surface area contributed by atoms with E-state index in [2.05, 4.69) is 19.9 Å². The molecule has 1 aliphatic rings. The molecule has 0 radical (unpaired) electrons. The standard InChI is InChI=1S/C16H21F3N4/c1-2-23(15-13-7-8-20-14(13)21-10-22-15)9-11-3-5-12(6-4-11)16(17,18)19/h7-8,10-12H,2-6,9H2,1H3,(H,20,21,22)/t11-,12-. The van der Waals surface area contributed by atoms with E-state index in [4.69, 9.17) is 0 Å². The highest BCUT2D eigenvalue weighted by Gasteiger charge is 2.41. The molecule has 1 fully saturated rings. The van der Waals surface area contributed by atoms with Crippen molar-refractivity contribution in [1.82, 2.24) is 15.0 Å². The number of hydrogen-bond donors (Lipinski definition) is 1. The molecule has 2 aromatic rings. The Balaban J connectivity index is 1.68. The normalized spacial score (nSPS) is 22.4. The lowest BCUT2D eigenvalue weighted by Gasteiger charge is -2.33. The van der Waals surface area contributed by atoms with Crippen molar-refractivity contribution in [2.24, 2.45) is 11.8 Å². The van der Waals surface area contributed by atoms with E-state index in [0.717, 1.165) is 29.9 Å². The second-order valence-electron chi connectivity index (χ2n) is 6.24. The van der Waals surface area contributed by atoms with Crippen LogP contribution in [0.5, 0.6) is 0 Å². The molecular weight excluding hydrogens is 305 g/mol. The van der Waals surface area contributed by atoms with Crippen LogP contribution in [0.2, 0.25) is 0 Å². The van der Waals surface area contributed by atoms with Gasteiger partial charge >= 0.3 is 6.18 Å². The second kappa shape index (κ2) is 6.37. The first-order chi connectivity index (χ1) is 11.0. The molecule has 3 rings (SSSR count). The van der Waals surface area contributed by atoms with Crippen LogP contribution >= 0.6 is 0 Å². The number of aromatic amines is 1. The number of nitrogens with one attached hydrogen (secondary N) is 1. The van der Waals surface area contributed by atoms with Crippen molar-refractivity contribution in [3.63, 3.8) is 0 Å². The zero-order chi connectivity index (χ0) is 16.4. The van der Waals surface area contributed by atoms with E-state index >= 15 is 0 Å². The largest absolute Gasteiger partial charge is 0.391 e. The van der Waals surface area contributed by atoms with Crippen LogP contribution in [-0.4, -0.2) is 34.2 Å². The molecule has 0 spiro atoms.